The summed E-state index contributed by atoms with van der Waals surface area (Å²) in [6.45, 7) is 6.74. The monoisotopic (exact) mass is 286 g/mol. The fourth-order valence-corrected chi connectivity index (χ4v) is 3.55. The summed E-state index contributed by atoms with van der Waals surface area (Å²) in [4.78, 5) is 4.55. The van der Waals surface area contributed by atoms with E-state index in [1.165, 1.54) is 25.7 Å². The number of nitrogens with zero attached hydrogens (tertiary/aromatic N) is 3. The van der Waals surface area contributed by atoms with Crippen LogP contribution in [0.25, 0.3) is 11.0 Å². The number of hydrogen-bond acceptors (Lipinski definition) is 3. The molecule has 4 nitrogen and oxygen atoms in total. The van der Waals surface area contributed by atoms with Gasteiger partial charge in [-0.1, -0.05) is 13.8 Å². The Morgan fingerprint density at radius 2 is 1.95 bits per heavy atom. The molecule has 114 valence electrons. The van der Waals surface area contributed by atoms with Gasteiger partial charge in [0.2, 0.25) is 0 Å². The molecule has 1 N–H and O–H groups in total. The number of aromatic nitrogens is 3. The summed E-state index contributed by atoms with van der Waals surface area (Å²) in [7, 11) is 1.95. The highest BCUT2D eigenvalue weighted by Gasteiger charge is 2.23. The van der Waals surface area contributed by atoms with E-state index in [0.717, 1.165) is 34.3 Å². The second-order valence-corrected chi connectivity index (χ2v) is 6.80. The van der Waals surface area contributed by atoms with Gasteiger partial charge in [0.05, 0.1) is 17.6 Å². The lowest BCUT2D eigenvalue weighted by Crippen LogP contribution is -2.27. The van der Waals surface area contributed by atoms with Crippen molar-refractivity contribution in [1.82, 2.24) is 14.8 Å². The summed E-state index contributed by atoms with van der Waals surface area (Å²) in [6, 6.07) is 2.79. The molecular weight excluding hydrogens is 260 g/mol. The number of hydrogen-bond donors (Lipinski definition) is 1. The molecule has 1 saturated carbocycles. The Morgan fingerprint density at radius 3 is 2.62 bits per heavy atom. The minimum Gasteiger partial charge on any atom is -0.381 e. The van der Waals surface area contributed by atoms with Gasteiger partial charge in [-0.25, -0.2) is 4.98 Å². The van der Waals surface area contributed by atoms with Crippen LogP contribution in [-0.4, -0.2) is 20.8 Å². The molecule has 3 rings (SSSR count). The molecule has 0 bridgehead atoms. The third-order valence-electron chi connectivity index (χ3n) is 4.95. The maximum absolute atomic E-state index is 4.55. The summed E-state index contributed by atoms with van der Waals surface area (Å²) in [5.74, 6) is 1.73. The van der Waals surface area contributed by atoms with Crippen LogP contribution in [0.4, 0.5) is 5.69 Å². The Kier molecular flexibility index (Phi) is 3.87. The van der Waals surface area contributed by atoms with E-state index >= 15 is 0 Å². The van der Waals surface area contributed by atoms with Gasteiger partial charge in [-0.05, 0) is 50.5 Å². The van der Waals surface area contributed by atoms with Crippen LogP contribution in [0.1, 0.15) is 45.2 Å². The van der Waals surface area contributed by atoms with Gasteiger partial charge in [-0.2, -0.15) is 5.10 Å². The van der Waals surface area contributed by atoms with Gasteiger partial charge in [0.15, 0.2) is 5.65 Å². The normalized spacial score (nSPS) is 22.9. The van der Waals surface area contributed by atoms with Crippen molar-refractivity contribution in [2.75, 3.05) is 5.32 Å². The van der Waals surface area contributed by atoms with E-state index in [1.807, 2.05) is 24.9 Å². The fraction of sp³-hybridized carbons (Fsp3) is 0.647. The van der Waals surface area contributed by atoms with Crippen LogP contribution in [0.15, 0.2) is 12.3 Å². The molecular formula is C17H26N4. The molecule has 1 aliphatic carbocycles. The smallest absolute Gasteiger partial charge is 0.157 e. The van der Waals surface area contributed by atoms with Crippen molar-refractivity contribution in [3.05, 3.63) is 18.0 Å². The van der Waals surface area contributed by atoms with E-state index in [4.69, 9.17) is 0 Å². The maximum Gasteiger partial charge on any atom is 0.157 e. The van der Waals surface area contributed by atoms with Gasteiger partial charge in [-0.15, -0.1) is 0 Å². The van der Waals surface area contributed by atoms with Crippen molar-refractivity contribution in [3.8, 4) is 0 Å². The summed E-state index contributed by atoms with van der Waals surface area (Å²) >= 11 is 0. The largest absolute Gasteiger partial charge is 0.381 e. The zero-order chi connectivity index (χ0) is 15.0. The van der Waals surface area contributed by atoms with Crippen LogP contribution >= 0.6 is 0 Å². The average molecular weight is 286 g/mol. The van der Waals surface area contributed by atoms with Crippen molar-refractivity contribution in [2.24, 2.45) is 18.9 Å². The molecule has 0 saturated heterocycles. The molecule has 21 heavy (non-hydrogen) atoms. The van der Waals surface area contributed by atoms with E-state index in [0.29, 0.717) is 6.04 Å². The predicted octanol–water partition coefficient (Wildman–Crippen LogP) is 3.90. The predicted molar refractivity (Wildman–Crippen MR) is 87.5 cm³/mol. The fourth-order valence-electron chi connectivity index (χ4n) is 3.55. The SMILES string of the molecule is Cc1nn(C)c2ncc(NC3CCC(C(C)C)CC3)cc12. The molecule has 4 heteroatoms. The van der Waals surface area contributed by atoms with Gasteiger partial charge in [-0.3, -0.25) is 4.68 Å². The first-order valence-electron chi connectivity index (χ1n) is 8.10. The number of aryl methyl sites for hydroxylation is 2. The highest BCUT2D eigenvalue weighted by molar-refractivity contribution is 5.81. The van der Waals surface area contributed by atoms with Crippen molar-refractivity contribution in [3.63, 3.8) is 0 Å². The molecule has 1 aliphatic rings. The number of nitrogens with one attached hydrogen (secondary N) is 1. The van der Waals surface area contributed by atoms with Gasteiger partial charge in [0.1, 0.15) is 0 Å². The maximum atomic E-state index is 4.55. The van der Waals surface area contributed by atoms with E-state index < -0.39 is 0 Å². The van der Waals surface area contributed by atoms with Crippen LogP contribution in [0.5, 0.6) is 0 Å². The van der Waals surface area contributed by atoms with Crippen LogP contribution in [0, 0.1) is 18.8 Å². The summed E-state index contributed by atoms with van der Waals surface area (Å²) in [5.41, 5.74) is 3.14. The third-order valence-corrected chi connectivity index (χ3v) is 4.95. The standard InChI is InChI=1S/C17H26N4/c1-11(2)13-5-7-14(8-6-13)19-15-9-16-12(3)20-21(4)17(16)18-10-15/h9-11,13-14,19H,5-8H2,1-4H3. The van der Waals surface area contributed by atoms with E-state index in [9.17, 15) is 0 Å². The van der Waals surface area contributed by atoms with Crippen molar-refractivity contribution in [2.45, 2.75) is 52.5 Å². The van der Waals surface area contributed by atoms with E-state index in [-0.39, 0.29) is 0 Å². The lowest BCUT2D eigenvalue weighted by atomic mass is 9.79. The van der Waals surface area contributed by atoms with Gasteiger partial charge in [0, 0.05) is 18.5 Å². The number of fused-ring (bicyclic) bond motifs is 1. The zero-order valence-corrected chi connectivity index (χ0v) is 13.6. The lowest BCUT2D eigenvalue weighted by Gasteiger charge is -2.31. The molecule has 0 aromatic carbocycles. The number of pyridine rings is 1. The Hall–Kier alpha value is -1.58. The zero-order valence-electron chi connectivity index (χ0n) is 13.6. The lowest BCUT2D eigenvalue weighted by molar-refractivity contribution is 0.267. The summed E-state index contributed by atoms with van der Waals surface area (Å²) in [5, 5.41) is 9.25. The first-order chi connectivity index (χ1) is 10.0. The molecule has 2 aromatic rings. The summed E-state index contributed by atoms with van der Waals surface area (Å²) < 4.78 is 1.85. The van der Waals surface area contributed by atoms with E-state index in [1.54, 1.807) is 0 Å². The second kappa shape index (κ2) is 5.66. The molecule has 0 spiro atoms. The Labute approximate surface area is 126 Å². The Balaban J connectivity index is 1.70. The first-order valence-corrected chi connectivity index (χ1v) is 8.10. The number of anilines is 1. The van der Waals surface area contributed by atoms with Crippen molar-refractivity contribution >= 4 is 16.7 Å². The average Bonchev–Trinajstić information content (AvgIpc) is 2.74. The van der Waals surface area contributed by atoms with Crippen LogP contribution in [-0.2, 0) is 7.05 Å². The second-order valence-electron chi connectivity index (χ2n) is 6.80. The molecule has 0 aliphatic heterocycles. The van der Waals surface area contributed by atoms with E-state index in [2.05, 4.69) is 35.3 Å². The minimum absolute atomic E-state index is 0.594. The highest BCUT2D eigenvalue weighted by Crippen LogP contribution is 2.31. The minimum atomic E-state index is 0.594. The molecule has 2 heterocycles. The molecule has 0 amide bonds. The molecule has 0 atom stereocenters. The van der Waals surface area contributed by atoms with Crippen molar-refractivity contribution in [1.29, 1.82) is 0 Å². The van der Waals surface area contributed by atoms with Crippen LogP contribution < -0.4 is 5.32 Å². The first kappa shape index (κ1) is 14.4. The molecule has 0 radical (unpaired) electrons. The number of rotatable bonds is 3. The van der Waals surface area contributed by atoms with Gasteiger partial charge in [0.25, 0.3) is 0 Å². The van der Waals surface area contributed by atoms with Gasteiger partial charge >= 0.3 is 0 Å². The topological polar surface area (TPSA) is 42.7 Å². The Morgan fingerprint density at radius 1 is 1.24 bits per heavy atom. The van der Waals surface area contributed by atoms with Crippen LogP contribution in [0.3, 0.4) is 0 Å². The van der Waals surface area contributed by atoms with Gasteiger partial charge < -0.3 is 5.32 Å². The molecule has 1 fully saturated rings. The molecule has 0 unspecified atom stereocenters. The van der Waals surface area contributed by atoms with Crippen LogP contribution in [0.2, 0.25) is 0 Å². The summed E-state index contributed by atoms with van der Waals surface area (Å²) in [6.07, 6.45) is 7.17. The molecule has 2 aromatic heterocycles. The third kappa shape index (κ3) is 2.89. The Bertz CT molecular complexity index is 621. The highest BCUT2D eigenvalue weighted by atomic mass is 15.3. The quantitative estimate of drug-likeness (QED) is 0.930. The van der Waals surface area contributed by atoms with Crippen molar-refractivity contribution < 1.29 is 0 Å².